The molecule has 2 N–H and O–H groups in total. The number of carbonyl (C=O) groups is 2. The first-order valence-corrected chi connectivity index (χ1v) is 10.6. The fourth-order valence-corrected chi connectivity index (χ4v) is 4.00. The Morgan fingerprint density at radius 3 is 2.45 bits per heavy atom. The van der Waals surface area contributed by atoms with Crippen LogP contribution in [-0.4, -0.2) is 45.8 Å². The van der Waals surface area contributed by atoms with Gasteiger partial charge in [-0.1, -0.05) is 18.9 Å². The van der Waals surface area contributed by atoms with Crippen LogP contribution in [0.1, 0.15) is 43.0 Å². The highest BCUT2D eigenvalue weighted by molar-refractivity contribution is 6.39. The number of carbonyl (C=O) groups excluding carboxylic acids is 2. The minimum atomic E-state index is -0.923. The number of aryl methyl sites for hydroxylation is 2. The van der Waals surface area contributed by atoms with Gasteiger partial charge in [0.2, 0.25) is 0 Å². The second-order valence-electron chi connectivity index (χ2n) is 7.95. The third-order valence-corrected chi connectivity index (χ3v) is 5.67. The molecule has 2 amide bonds. The van der Waals surface area contributed by atoms with Crippen LogP contribution in [0.5, 0.6) is 0 Å². The Morgan fingerprint density at radius 1 is 1.13 bits per heavy atom. The number of rotatable bonds is 6. The summed E-state index contributed by atoms with van der Waals surface area (Å²) in [5.74, 6) is -1.74. The largest absolute Gasteiger partial charge is 0.353 e. The lowest BCUT2D eigenvalue weighted by atomic mass is 10.1. The maximum atomic E-state index is 12.5. The molecule has 3 rings (SSSR count). The molecule has 9 nitrogen and oxygen atoms in total. The molecule has 2 heterocycles. The van der Waals surface area contributed by atoms with Gasteiger partial charge in [-0.25, -0.2) is 0 Å². The van der Waals surface area contributed by atoms with Crippen LogP contribution in [0.2, 0.25) is 0 Å². The molecule has 1 saturated heterocycles. The van der Waals surface area contributed by atoms with Gasteiger partial charge in [0.1, 0.15) is 5.69 Å². The van der Waals surface area contributed by atoms with Crippen LogP contribution in [0, 0.1) is 17.0 Å². The molecule has 1 aliphatic heterocycles. The first-order valence-electron chi connectivity index (χ1n) is 10.6. The minimum Gasteiger partial charge on any atom is -0.353 e. The topological polar surface area (TPSA) is 110 Å². The summed E-state index contributed by atoms with van der Waals surface area (Å²) in [5.41, 5.74) is 1.52. The van der Waals surface area contributed by atoms with Crippen LogP contribution in [0.15, 0.2) is 36.5 Å². The first kappa shape index (κ1) is 22.5. The third kappa shape index (κ3) is 5.69. The molecule has 0 aliphatic carbocycles. The molecule has 1 aliphatic rings. The molecule has 1 atom stereocenters. The second-order valence-corrected chi connectivity index (χ2v) is 7.95. The molecule has 1 aromatic carbocycles. The lowest BCUT2D eigenvalue weighted by Crippen LogP contribution is -2.43. The Balaban J connectivity index is 1.68. The van der Waals surface area contributed by atoms with E-state index in [-0.39, 0.29) is 24.0 Å². The number of nitrogens with zero attached hydrogens (tertiary/aromatic N) is 3. The molecule has 1 unspecified atom stereocenters. The number of hydrogen-bond donors (Lipinski definition) is 2. The highest BCUT2D eigenvalue weighted by Crippen LogP contribution is 2.26. The highest BCUT2D eigenvalue weighted by Gasteiger charge is 2.26. The number of nitrogens with one attached hydrogen (secondary N) is 2. The van der Waals surface area contributed by atoms with Gasteiger partial charge >= 0.3 is 11.8 Å². The minimum absolute atomic E-state index is 0.00209. The standard InChI is InChI=1S/C22H29N5O4/c1-16-9-10-17(19(14-16)27(30)31)24-22(29)21(28)23-15-20(18-8-7-11-25(18)2)26-12-5-3-4-6-13-26/h7-11,14,20H,3-6,12-13,15H2,1-2H3,(H,23,28)(H,24,29). The fourth-order valence-electron chi connectivity index (χ4n) is 4.00. The Hall–Kier alpha value is -3.20. The molecule has 0 spiro atoms. The zero-order valence-electron chi connectivity index (χ0n) is 18.0. The zero-order valence-corrected chi connectivity index (χ0v) is 18.0. The van der Waals surface area contributed by atoms with Crippen molar-refractivity contribution in [3.05, 3.63) is 57.9 Å². The lowest BCUT2D eigenvalue weighted by molar-refractivity contribution is -0.384. The third-order valence-electron chi connectivity index (χ3n) is 5.67. The van der Waals surface area contributed by atoms with Crippen molar-refractivity contribution in [3.63, 3.8) is 0 Å². The summed E-state index contributed by atoms with van der Waals surface area (Å²) in [6.45, 7) is 3.87. The normalized spacial score (nSPS) is 15.7. The van der Waals surface area contributed by atoms with Crippen molar-refractivity contribution < 1.29 is 14.5 Å². The van der Waals surface area contributed by atoms with Crippen LogP contribution < -0.4 is 10.6 Å². The quantitative estimate of drug-likeness (QED) is 0.418. The summed E-state index contributed by atoms with van der Waals surface area (Å²) in [6, 6.07) is 8.37. The maximum absolute atomic E-state index is 12.5. The van der Waals surface area contributed by atoms with Gasteiger partial charge in [-0.2, -0.15) is 0 Å². The van der Waals surface area contributed by atoms with Crippen molar-refractivity contribution >= 4 is 23.2 Å². The Kier molecular flexibility index (Phi) is 7.41. The molecular weight excluding hydrogens is 398 g/mol. The molecule has 1 aromatic heterocycles. The second kappa shape index (κ2) is 10.2. The van der Waals surface area contributed by atoms with Gasteiger partial charge in [0.05, 0.1) is 11.0 Å². The predicted molar refractivity (Wildman–Crippen MR) is 118 cm³/mol. The molecule has 31 heavy (non-hydrogen) atoms. The number of likely N-dealkylation sites (tertiary alicyclic amines) is 1. The monoisotopic (exact) mass is 427 g/mol. The van der Waals surface area contributed by atoms with Gasteiger partial charge < -0.3 is 15.2 Å². The van der Waals surface area contributed by atoms with E-state index in [1.165, 1.54) is 25.0 Å². The summed E-state index contributed by atoms with van der Waals surface area (Å²) in [6.07, 6.45) is 6.56. The van der Waals surface area contributed by atoms with Crippen molar-refractivity contribution in [2.45, 2.75) is 38.6 Å². The van der Waals surface area contributed by atoms with E-state index in [2.05, 4.69) is 15.5 Å². The van der Waals surface area contributed by atoms with E-state index in [0.717, 1.165) is 31.6 Å². The van der Waals surface area contributed by atoms with E-state index in [1.807, 2.05) is 29.9 Å². The van der Waals surface area contributed by atoms with Crippen LogP contribution in [0.25, 0.3) is 0 Å². The number of nitro groups is 1. The van der Waals surface area contributed by atoms with Crippen LogP contribution >= 0.6 is 0 Å². The number of benzene rings is 1. The van der Waals surface area contributed by atoms with Gasteiger partial charge in [0.25, 0.3) is 5.69 Å². The summed E-state index contributed by atoms with van der Waals surface area (Å²) >= 11 is 0. The van der Waals surface area contributed by atoms with Gasteiger partial charge in [-0.15, -0.1) is 0 Å². The highest BCUT2D eigenvalue weighted by atomic mass is 16.6. The van der Waals surface area contributed by atoms with Crippen molar-refractivity contribution in [1.29, 1.82) is 0 Å². The van der Waals surface area contributed by atoms with E-state index in [1.54, 1.807) is 13.0 Å². The zero-order chi connectivity index (χ0) is 22.4. The van der Waals surface area contributed by atoms with E-state index >= 15 is 0 Å². The van der Waals surface area contributed by atoms with Gasteiger partial charge in [0, 0.05) is 31.5 Å². The van der Waals surface area contributed by atoms with Gasteiger partial charge in [-0.05, 0) is 56.6 Å². The molecule has 166 valence electrons. The van der Waals surface area contributed by atoms with E-state index in [0.29, 0.717) is 5.56 Å². The van der Waals surface area contributed by atoms with Crippen LogP contribution in [0.4, 0.5) is 11.4 Å². The number of anilines is 1. The Bertz CT molecular complexity index is 947. The van der Waals surface area contributed by atoms with E-state index < -0.39 is 16.7 Å². The Morgan fingerprint density at radius 2 is 1.84 bits per heavy atom. The average molecular weight is 428 g/mol. The maximum Gasteiger partial charge on any atom is 0.313 e. The molecule has 0 radical (unpaired) electrons. The lowest BCUT2D eigenvalue weighted by Gasteiger charge is -2.31. The van der Waals surface area contributed by atoms with E-state index in [9.17, 15) is 19.7 Å². The summed E-state index contributed by atoms with van der Waals surface area (Å²) in [5, 5.41) is 16.3. The van der Waals surface area contributed by atoms with Crippen molar-refractivity contribution in [2.75, 3.05) is 25.0 Å². The first-order chi connectivity index (χ1) is 14.9. The number of hydrogen-bond acceptors (Lipinski definition) is 5. The van der Waals surface area contributed by atoms with Gasteiger partial charge in [0.15, 0.2) is 0 Å². The molecule has 0 saturated carbocycles. The van der Waals surface area contributed by atoms with Gasteiger partial charge in [-0.3, -0.25) is 24.6 Å². The number of nitro benzene ring substituents is 1. The summed E-state index contributed by atoms with van der Waals surface area (Å²) in [7, 11) is 1.96. The van der Waals surface area contributed by atoms with Crippen molar-refractivity contribution in [1.82, 2.24) is 14.8 Å². The van der Waals surface area contributed by atoms with Crippen molar-refractivity contribution in [2.24, 2.45) is 7.05 Å². The SMILES string of the molecule is Cc1ccc(NC(=O)C(=O)NCC(c2cccn2C)N2CCCCCC2)c([N+](=O)[O-])c1. The fraction of sp³-hybridized carbons (Fsp3) is 0.455. The van der Waals surface area contributed by atoms with Crippen molar-refractivity contribution in [3.8, 4) is 0 Å². The average Bonchev–Trinajstić information content (AvgIpc) is 2.99. The number of amides is 2. The molecule has 2 aromatic rings. The van der Waals surface area contributed by atoms with E-state index in [4.69, 9.17) is 0 Å². The molecule has 9 heteroatoms. The van der Waals surface area contributed by atoms with Crippen LogP contribution in [-0.2, 0) is 16.6 Å². The number of aromatic nitrogens is 1. The smallest absolute Gasteiger partial charge is 0.313 e. The van der Waals surface area contributed by atoms with Crippen LogP contribution in [0.3, 0.4) is 0 Å². The Labute approximate surface area is 181 Å². The summed E-state index contributed by atoms with van der Waals surface area (Å²) in [4.78, 5) is 37.9. The molecular formula is C22H29N5O4. The molecule has 1 fully saturated rings. The predicted octanol–water partition coefficient (Wildman–Crippen LogP) is 2.91. The summed E-state index contributed by atoms with van der Waals surface area (Å²) < 4.78 is 2.03. The molecule has 0 bridgehead atoms.